The molecule has 5 aromatic rings. The molecule has 302 valence electrons. The molecule has 2 unspecified atom stereocenters. The molecule has 4 heterocycles. The Morgan fingerprint density at radius 2 is 1.47 bits per heavy atom. The lowest BCUT2D eigenvalue weighted by Gasteiger charge is -2.30. The fourth-order valence-electron chi connectivity index (χ4n) is 9.29. The number of carbonyl (C=O) groups is 3. The second kappa shape index (κ2) is 16.8. The van der Waals surface area contributed by atoms with Crippen LogP contribution in [0.4, 0.5) is 4.79 Å². The molecule has 3 amide bonds. The Bertz CT molecular complexity index is 2240. The van der Waals surface area contributed by atoms with Crippen LogP contribution < -0.4 is 15.4 Å². The summed E-state index contributed by atoms with van der Waals surface area (Å²) >= 11 is 0. The number of nitrogens with zero attached hydrogens (tertiary/aromatic N) is 4. The Balaban J connectivity index is 0.916. The Kier molecular flexibility index (Phi) is 11.3. The molecule has 8 rings (SSSR count). The summed E-state index contributed by atoms with van der Waals surface area (Å²) in [6.45, 7) is 2.66. The predicted octanol–water partition coefficient (Wildman–Crippen LogP) is 6.41. The number of fused-ring (bicyclic) bond motifs is 2. The van der Waals surface area contributed by atoms with Gasteiger partial charge in [0.25, 0.3) is 0 Å². The second-order valence-electron chi connectivity index (χ2n) is 15.5. The number of aromatic nitrogens is 5. The number of amides is 3. The van der Waals surface area contributed by atoms with E-state index in [9.17, 15) is 14.4 Å². The maximum absolute atomic E-state index is 13.7. The van der Waals surface area contributed by atoms with E-state index in [0.29, 0.717) is 36.6 Å². The van der Waals surface area contributed by atoms with E-state index in [4.69, 9.17) is 19.2 Å². The summed E-state index contributed by atoms with van der Waals surface area (Å²) in [6, 6.07) is 19.3. The lowest BCUT2D eigenvalue weighted by atomic mass is 9.78. The summed E-state index contributed by atoms with van der Waals surface area (Å²) in [5, 5.41) is 5.80. The molecule has 2 aromatic carbocycles. The van der Waals surface area contributed by atoms with Crippen molar-refractivity contribution in [3.63, 3.8) is 0 Å². The monoisotopic (exact) mass is 786 g/mol. The number of ether oxygens (including phenoxy) is 3. The lowest BCUT2D eigenvalue weighted by molar-refractivity contribution is -0.137. The zero-order valence-electron chi connectivity index (χ0n) is 33.2. The highest BCUT2D eigenvalue weighted by atomic mass is 16.5. The summed E-state index contributed by atoms with van der Waals surface area (Å²) in [7, 11) is 4.36. The number of rotatable bonds is 13. The summed E-state index contributed by atoms with van der Waals surface area (Å²) < 4.78 is 15.5. The fourth-order valence-corrected chi connectivity index (χ4v) is 9.29. The molecule has 7 atom stereocenters. The van der Waals surface area contributed by atoms with Crippen LogP contribution >= 0.6 is 0 Å². The van der Waals surface area contributed by atoms with Crippen molar-refractivity contribution in [1.82, 2.24) is 40.5 Å². The number of alkyl carbamates (subject to hydrolysis) is 1. The third kappa shape index (κ3) is 7.68. The minimum Gasteiger partial charge on any atom is -0.481 e. The molecule has 0 radical (unpaired) electrons. The van der Waals surface area contributed by atoms with E-state index in [1.165, 1.54) is 14.2 Å². The molecule has 0 spiro atoms. The number of nitrogens with one attached hydrogen (secondary N) is 4. The minimum atomic E-state index is -0.888. The van der Waals surface area contributed by atoms with Crippen molar-refractivity contribution < 1.29 is 28.6 Å². The number of H-pyrrole nitrogens is 2. The molecule has 2 saturated carbocycles. The molecule has 3 aromatic heterocycles. The number of aromatic amines is 2. The zero-order chi connectivity index (χ0) is 40.3. The van der Waals surface area contributed by atoms with Gasteiger partial charge in [0.15, 0.2) is 0 Å². The second-order valence-corrected chi connectivity index (χ2v) is 15.5. The van der Waals surface area contributed by atoms with Crippen LogP contribution in [0.1, 0.15) is 68.2 Å². The number of pyridine rings is 1. The first-order valence-electron chi connectivity index (χ1n) is 20.0. The van der Waals surface area contributed by atoms with Crippen LogP contribution in [0.25, 0.3) is 33.6 Å². The van der Waals surface area contributed by atoms with Crippen molar-refractivity contribution in [1.29, 1.82) is 0 Å². The molecule has 1 saturated heterocycles. The smallest absolute Gasteiger partial charge is 0.407 e. The van der Waals surface area contributed by atoms with Crippen molar-refractivity contribution >= 4 is 17.9 Å². The van der Waals surface area contributed by atoms with Gasteiger partial charge in [0.2, 0.25) is 17.7 Å². The van der Waals surface area contributed by atoms with Gasteiger partial charge in [0, 0.05) is 37.9 Å². The number of likely N-dealkylation sites (tertiary alicyclic amines) is 1. The van der Waals surface area contributed by atoms with E-state index in [1.807, 2.05) is 18.3 Å². The number of methoxy groups -OCH3 is 3. The van der Waals surface area contributed by atoms with Crippen molar-refractivity contribution in [2.45, 2.75) is 69.7 Å². The number of hydrogen-bond acceptors (Lipinski definition) is 9. The highest BCUT2D eigenvalue weighted by Crippen LogP contribution is 2.56. The molecule has 1 aliphatic heterocycles. The molecule has 3 aliphatic rings. The molecule has 4 N–H and O–H groups in total. The summed E-state index contributed by atoms with van der Waals surface area (Å²) in [4.78, 5) is 61.9. The first-order valence-corrected chi connectivity index (χ1v) is 20.0. The van der Waals surface area contributed by atoms with Crippen LogP contribution in [0.5, 0.6) is 5.88 Å². The van der Waals surface area contributed by atoms with Crippen molar-refractivity contribution in [2.24, 2.45) is 17.8 Å². The number of imidazole rings is 2. The van der Waals surface area contributed by atoms with E-state index in [1.54, 1.807) is 31.3 Å². The van der Waals surface area contributed by atoms with Gasteiger partial charge in [-0.15, -0.1) is 0 Å². The minimum absolute atomic E-state index is 0.0547. The molecule has 3 fully saturated rings. The van der Waals surface area contributed by atoms with E-state index in [2.05, 4.69) is 79.1 Å². The predicted molar refractivity (Wildman–Crippen MR) is 216 cm³/mol. The third-order valence-corrected chi connectivity index (χ3v) is 12.4. The molecule has 14 heteroatoms. The first kappa shape index (κ1) is 38.8. The van der Waals surface area contributed by atoms with Gasteiger partial charge in [-0.25, -0.2) is 19.7 Å². The largest absolute Gasteiger partial charge is 0.481 e. The highest BCUT2D eigenvalue weighted by molar-refractivity contribution is 5.87. The maximum Gasteiger partial charge on any atom is 0.407 e. The van der Waals surface area contributed by atoms with Gasteiger partial charge in [-0.2, -0.15) is 0 Å². The van der Waals surface area contributed by atoms with Crippen LogP contribution in [0.2, 0.25) is 0 Å². The summed E-state index contributed by atoms with van der Waals surface area (Å²) in [6.07, 6.45) is 8.95. The fraction of sp³-hybridized carbons (Fsp3) is 0.409. The van der Waals surface area contributed by atoms with Crippen LogP contribution in [-0.2, 0) is 25.6 Å². The van der Waals surface area contributed by atoms with Gasteiger partial charge >= 0.3 is 6.09 Å². The highest BCUT2D eigenvalue weighted by Gasteiger charge is 2.52. The van der Waals surface area contributed by atoms with Gasteiger partial charge in [0.1, 0.15) is 17.7 Å². The molecule has 58 heavy (non-hydrogen) atoms. The molecule has 2 aliphatic carbocycles. The zero-order valence-corrected chi connectivity index (χ0v) is 33.2. The normalized spacial score (nSPS) is 22.1. The Morgan fingerprint density at radius 3 is 2.12 bits per heavy atom. The summed E-state index contributed by atoms with van der Waals surface area (Å²) in [5.41, 5.74) is 6.79. The van der Waals surface area contributed by atoms with Crippen molar-refractivity contribution in [2.75, 3.05) is 27.9 Å². The summed E-state index contributed by atoms with van der Waals surface area (Å²) in [5.74, 6) is 2.66. The van der Waals surface area contributed by atoms with Crippen LogP contribution in [-0.4, -0.2) is 87.7 Å². The first-order chi connectivity index (χ1) is 28.3. The Morgan fingerprint density at radius 1 is 0.828 bits per heavy atom. The number of carbonyl (C=O) groups excluding carboxylic acids is 3. The standard InChI is InChI=1S/C44H50N8O6/c1-25(56-2)38(51-44(55)58-4)43(54)52-20-6-8-35(52)39-46-23-33(49-39)28-13-9-26(10-14-28)27-11-15-29(16-12-27)34-24-47-40(50-34)36-30-17-18-31(21-30)37(36)41(53)48-22-32-7-5-19-45-42(32)57-3/h5,7,9-16,19,23-25,30-31,35-38H,6,8,17-18,20-22H2,1-4H3,(H,46,49)(H,47,50)(H,48,53)(H,51,55)/t25-,30?,31?,35+,36+,37+,38+/m1/s1. The molecule has 14 nitrogen and oxygen atoms in total. The van der Waals surface area contributed by atoms with Gasteiger partial charge in [0.05, 0.1) is 56.1 Å². The lowest BCUT2D eigenvalue weighted by Crippen LogP contribution is -2.54. The van der Waals surface area contributed by atoms with Crippen LogP contribution in [0.15, 0.2) is 79.3 Å². The van der Waals surface area contributed by atoms with Gasteiger partial charge < -0.3 is 39.7 Å². The average molecular weight is 787 g/mol. The average Bonchev–Trinajstić information content (AvgIpc) is 4.13. The van der Waals surface area contributed by atoms with Gasteiger partial charge in [-0.3, -0.25) is 9.59 Å². The van der Waals surface area contributed by atoms with Crippen LogP contribution in [0, 0.1) is 17.8 Å². The van der Waals surface area contributed by atoms with E-state index in [-0.39, 0.29) is 29.7 Å². The third-order valence-electron chi connectivity index (χ3n) is 12.4. The molecular formula is C44H50N8O6. The van der Waals surface area contributed by atoms with Gasteiger partial charge in [-0.05, 0) is 79.2 Å². The number of benzene rings is 2. The van der Waals surface area contributed by atoms with Crippen LogP contribution in [0.3, 0.4) is 0 Å². The molecule has 2 bridgehead atoms. The van der Waals surface area contributed by atoms with E-state index >= 15 is 0 Å². The quantitative estimate of drug-likeness (QED) is 0.105. The topological polar surface area (TPSA) is 176 Å². The SMILES string of the molecule is COC(=O)N[C@H](C(=O)N1CCC[C@H]1c1ncc(-c2ccc(-c3ccc(-c4cnc([C@H]5C6CCC(C6)[C@@H]5C(=O)NCc5cccnc5OC)[nH]4)cc3)cc2)[nH]1)[C@@H](C)OC. The van der Waals surface area contributed by atoms with E-state index in [0.717, 1.165) is 77.1 Å². The van der Waals surface area contributed by atoms with Crippen molar-refractivity contribution in [3.05, 3.63) is 96.5 Å². The Labute approximate surface area is 337 Å². The maximum atomic E-state index is 13.7. The van der Waals surface area contributed by atoms with Crippen molar-refractivity contribution in [3.8, 4) is 39.5 Å². The van der Waals surface area contributed by atoms with Gasteiger partial charge in [-0.1, -0.05) is 54.6 Å². The molecular weight excluding hydrogens is 737 g/mol. The Hall–Kier alpha value is -6.02. The van der Waals surface area contributed by atoms with E-state index < -0.39 is 18.2 Å². The number of hydrogen-bond donors (Lipinski definition) is 4.